The van der Waals surface area contributed by atoms with Crippen molar-refractivity contribution >= 4 is 38.2 Å². The van der Waals surface area contributed by atoms with Gasteiger partial charge in [-0.15, -0.1) is 10.2 Å². The molecule has 1 amide bonds. The monoisotopic (exact) mass is 336 g/mol. The first-order chi connectivity index (χ1) is 9.85. The van der Waals surface area contributed by atoms with Gasteiger partial charge in [-0.2, -0.15) is 0 Å². The summed E-state index contributed by atoms with van der Waals surface area (Å²) in [5.41, 5.74) is 5.28. The molecule has 0 fully saturated rings. The van der Waals surface area contributed by atoms with E-state index in [2.05, 4.69) is 25.4 Å². The number of amides is 1. The van der Waals surface area contributed by atoms with E-state index in [1.54, 1.807) is 0 Å². The summed E-state index contributed by atoms with van der Waals surface area (Å²) < 4.78 is 25.9. The van der Waals surface area contributed by atoms with E-state index in [0.29, 0.717) is 19.3 Å². The molecule has 1 aromatic heterocycles. The van der Waals surface area contributed by atoms with Gasteiger partial charge in [0.2, 0.25) is 15.4 Å². The van der Waals surface area contributed by atoms with E-state index in [4.69, 9.17) is 10.9 Å². The second-order valence-electron chi connectivity index (χ2n) is 4.00. The lowest BCUT2D eigenvalue weighted by molar-refractivity contribution is -0.114. The Morgan fingerprint density at radius 3 is 2.76 bits per heavy atom. The van der Waals surface area contributed by atoms with Crippen LogP contribution < -0.4 is 15.8 Å². The Bertz CT molecular complexity index is 612. The number of carbonyl (C=O) groups is 1. The van der Waals surface area contributed by atoms with Crippen LogP contribution in [-0.2, 0) is 14.8 Å². The van der Waals surface area contributed by atoms with Crippen LogP contribution in [0.4, 0.5) is 5.13 Å². The van der Waals surface area contributed by atoms with Crippen molar-refractivity contribution in [1.29, 1.82) is 0 Å². The molecule has 0 unspecified atom stereocenters. The molecular formula is C9H16N6O4S2. The van der Waals surface area contributed by atoms with Crippen LogP contribution in [0.3, 0.4) is 0 Å². The van der Waals surface area contributed by atoms with Gasteiger partial charge in [0.1, 0.15) is 5.84 Å². The number of aromatic nitrogens is 2. The summed E-state index contributed by atoms with van der Waals surface area (Å²) >= 11 is 0.764. The molecule has 5 N–H and O–H groups in total. The van der Waals surface area contributed by atoms with Crippen LogP contribution in [-0.4, -0.2) is 42.1 Å². The van der Waals surface area contributed by atoms with Gasteiger partial charge in [-0.05, 0) is 12.8 Å². The van der Waals surface area contributed by atoms with Crippen LogP contribution in [0.2, 0.25) is 0 Å². The maximum absolute atomic E-state index is 11.9. The number of nitrogens with one attached hydrogen (secondary N) is 2. The first-order valence-electron chi connectivity index (χ1n) is 5.92. The van der Waals surface area contributed by atoms with Crippen LogP contribution in [0.25, 0.3) is 0 Å². The van der Waals surface area contributed by atoms with Crippen LogP contribution in [0, 0.1) is 0 Å². The molecule has 0 spiro atoms. The SMILES string of the molecule is CC(=O)Nc1nnc(S(=O)(=O)NCCCCC(N)=NO)s1. The minimum absolute atomic E-state index is 0.0990. The molecule has 0 aromatic carbocycles. The first-order valence-corrected chi connectivity index (χ1v) is 8.22. The minimum atomic E-state index is -3.75. The molecule has 0 aliphatic carbocycles. The van der Waals surface area contributed by atoms with Gasteiger partial charge in [-0.25, -0.2) is 13.1 Å². The molecule has 0 aliphatic heterocycles. The zero-order chi connectivity index (χ0) is 15.9. The van der Waals surface area contributed by atoms with Crippen LogP contribution in [0.15, 0.2) is 9.50 Å². The van der Waals surface area contributed by atoms with Gasteiger partial charge in [0.25, 0.3) is 10.0 Å². The van der Waals surface area contributed by atoms with E-state index in [1.165, 1.54) is 6.92 Å². The number of carbonyl (C=O) groups excluding carboxylic acids is 1. The summed E-state index contributed by atoms with van der Waals surface area (Å²) in [7, 11) is -3.75. The highest BCUT2D eigenvalue weighted by Crippen LogP contribution is 2.19. The number of oxime groups is 1. The van der Waals surface area contributed by atoms with Gasteiger partial charge in [0.15, 0.2) is 0 Å². The van der Waals surface area contributed by atoms with Crippen molar-refractivity contribution in [2.75, 3.05) is 11.9 Å². The van der Waals surface area contributed by atoms with Crippen molar-refractivity contribution in [3.63, 3.8) is 0 Å². The van der Waals surface area contributed by atoms with Crippen LogP contribution >= 0.6 is 11.3 Å². The minimum Gasteiger partial charge on any atom is -0.409 e. The Labute approximate surface area is 125 Å². The summed E-state index contributed by atoms with van der Waals surface area (Å²) in [5, 5.41) is 20.7. The number of rotatable bonds is 8. The lowest BCUT2D eigenvalue weighted by Crippen LogP contribution is -2.25. The van der Waals surface area contributed by atoms with Crippen LogP contribution in [0.1, 0.15) is 26.2 Å². The van der Waals surface area contributed by atoms with Crippen molar-refractivity contribution in [3.8, 4) is 0 Å². The summed E-state index contributed by atoms with van der Waals surface area (Å²) in [5.74, 6) is -0.256. The molecule has 0 atom stereocenters. The molecule has 1 heterocycles. The zero-order valence-electron chi connectivity index (χ0n) is 11.2. The molecule has 0 radical (unpaired) electrons. The standard InChI is InChI=1S/C9H16N6O4S2/c1-6(16)12-8-13-14-9(20-8)21(18,19)11-5-3-2-4-7(10)15-17/h11,17H,2-5H2,1H3,(H2,10,15)(H,12,13,16). The van der Waals surface area contributed by atoms with E-state index in [1.807, 2.05) is 0 Å². The molecule has 0 aliphatic rings. The topological polar surface area (TPSA) is 160 Å². The van der Waals surface area contributed by atoms with Gasteiger partial charge in [0.05, 0.1) is 0 Å². The molecule has 1 rings (SSSR count). The van der Waals surface area contributed by atoms with Crippen LogP contribution in [0.5, 0.6) is 0 Å². The fraction of sp³-hybridized carbons (Fsp3) is 0.556. The normalized spacial score (nSPS) is 12.3. The summed E-state index contributed by atoms with van der Waals surface area (Å²) in [6.45, 7) is 1.48. The summed E-state index contributed by atoms with van der Waals surface area (Å²) in [6, 6.07) is 0. The quantitative estimate of drug-likeness (QED) is 0.126. The molecule has 10 nitrogen and oxygen atoms in total. The average Bonchev–Trinajstić information content (AvgIpc) is 2.86. The van der Waals surface area contributed by atoms with Crippen molar-refractivity contribution in [3.05, 3.63) is 0 Å². The third kappa shape index (κ3) is 6.01. The van der Waals surface area contributed by atoms with Gasteiger partial charge in [0, 0.05) is 19.9 Å². The molecule has 0 bridgehead atoms. The van der Waals surface area contributed by atoms with Gasteiger partial charge in [-0.3, -0.25) is 4.79 Å². The number of amidine groups is 1. The molecule has 0 saturated carbocycles. The van der Waals surface area contributed by atoms with E-state index < -0.39 is 10.0 Å². The van der Waals surface area contributed by atoms with E-state index in [-0.39, 0.29) is 27.8 Å². The number of nitrogens with zero attached hydrogens (tertiary/aromatic N) is 3. The fourth-order valence-corrected chi connectivity index (χ4v) is 3.33. The summed E-state index contributed by atoms with van der Waals surface area (Å²) in [4.78, 5) is 10.8. The molecule has 118 valence electrons. The lowest BCUT2D eigenvalue weighted by Gasteiger charge is -2.03. The second kappa shape index (κ2) is 7.85. The molecular weight excluding hydrogens is 320 g/mol. The Morgan fingerprint density at radius 1 is 1.43 bits per heavy atom. The largest absolute Gasteiger partial charge is 0.409 e. The molecule has 12 heteroatoms. The predicted molar refractivity (Wildman–Crippen MR) is 76.7 cm³/mol. The average molecular weight is 336 g/mol. The Hall–Kier alpha value is -1.79. The van der Waals surface area contributed by atoms with Crippen molar-refractivity contribution < 1.29 is 18.4 Å². The lowest BCUT2D eigenvalue weighted by atomic mass is 10.2. The second-order valence-corrected chi connectivity index (χ2v) is 6.92. The highest BCUT2D eigenvalue weighted by atomic mass is 32.2. The Morgan fingerprint density at radius 2 is 2.14 bits per heavy atom. The number of unbranched alkanes of at least 4 members (excludes halogenated alkanes) is 1. The third-order valence-corrected chi connectivity index (χ3v) is 4.87. The molecule has 1 aromatic rings. The van der Waals surface area contributed by atoms with Gasteiger partial charge >= 0.3 is 0 Å². The third-order valence-electron chi connectivity index (χ3n) is 2.20. The highest BCUT2D eigenvalue weighted by molar-refractivity contribution is 7.91. The van der Waals surface area contributed by atoms with E-state index in [9.17, 15) is 13.2 Å². The van der Waals surface area contributed by atoms with Crippen molar-refractivity contribution in [2.45, 2.75) is 30.5 Å². The maximum atomic E-state index is 11.9. The number of hydrogen-bond acceptors (Lipinski definition) is 8. The van der Waals surface area contributed by atoms with Crippen molar-refractivity contribution in [2.24, 2.45) is 10.9 Å². The Balaban J connectivity index is 2.46. The van der Waals surface area contributed by atoms with Gasteiger partial charge < -0.3 is 16.3 Å². The van der Waals surface area contributed by atoms with E-state index in [0.717, 1.165) is 11.3 Å². The maximum Gasteiger partial charge on any atom is 0.269 e. The predicted octanol–water partition coefficient (Wildman–Crippen LogP) is -0.309. The first kappa shape index (κ1) is 17.3. The van der Waals surface area contributed by atoms with Gasteiger partial charge in [-0.1, -0.05) is 16.5 Å². The number of hydrogen-bond donors (Lipinski definition) is 4. The number of nitrogens with two attached hydrogens (primary N) is 1. The number of sulfonamides is 1. The highest BCUT2D eigenvalue weighted by Gasteiger charge is 2.19. The zero-order valence-corrected chi connectivity index (χ0v) is 12.9. The van der Waals surface area contributed by atoms with Crippen molar-refractivity contribution in [1.82, 2.24) is 14.9 Å². The smallest absolute Gasteiger partial charge is 0.269 e. The molecule has 0 saturated heterocycles. The number of anilines is 1. The molecule has 21 heavy (non-hydrogen) atoms. The Kier molecular flexibility index (Phi) is 6.45. The fourth-order valence-electron chi connectivity index (χ4n) is 1.27. The van der Waals surface area contributed by atoms with E-state index >= 15 is 0 Å². The summed E-state index contributed by atoms with van der Waals surface area (Å²) in [6.07, 6.45) is 1.47.